The Labute approximate surface area is 167 Å². The van der Waals surface area contributed by atoms with Gasteiger partial charge in [-0.05, 0) is 48.9 Å². The van der Waals surface area contributed by atoms with E-state index in [4.69, 9.17) is 0 Å². The third-order valence-corrected chi connectivity index (χ3v) is 5.22. The molecule has 0 unspecified atom stereocenters. The molecule has 0 aromatic heterocycles. The van der Waals surface area contributed by atoms with Gasteiger partial charge < -0.3 is 10.6 Å². The first-order valence-corrected chi connectivity index (χ1v) is 10.3. The summed E-state index contributed by atoms with van der Waals surface area (Å²) in [6.45, 7) is 5.35. The molecule has 2 rings (SSSR count). The lowest BCUT2D eigenvalue weighted by Crippen LogP contribution is -2.17. The van der Waals surface area contributed by atoms with Gasteiger partial charge in [0.15, 0.2) is 0 Å². The van der Waals surface area contributed by atoms with E-state index in [9.17, 15) is 13.2 Å². The van der Waals surface area contributed by atoms with Crippen molar-refractivity contribution in [3.8, 4) is 0 Å². The quantitative estimate of drug-likeness (QED) is 0.588. The topological polar surface area (TPSA) is 87.3 Å². The summed E-state index contributed by atoms with van der Waals surface area (Å²) in [6.07, 6.45) is 0.544. The van der Waals surface area contributed by atoms with E-state index in [2.05, 4.69) is 15.4 Å². The highest BCUT2D eigenvalue weighted by Gasteiger charge is 2.11. The zero-order valence-electron chi connectivity index (χ0n) is 15.5. The Kier molecular flexibility index (Phi) is 9.28. The van der Waals surface area contributed by atoms with Crippen molar-refractivity contribution in [2.75, 3.05) is 22.3 Å². The summed E-state index contributed by atoms with van der Waals surface area (Å²) in [5, 5.41) is 6.15. The summed E-state index contributed by atoms with van der Waals surface area (Å²) in [4.78, 5) is 12.5. The smallest absolute Gasteiger partial charge is 0.255 e. The number of hydrogen-bond donors (Lipinski definition) is 3. The van der Waals surface area contributed by atoms with Gasteiger partial charge in [0.1, 0.15) is 0 Å². The zero-order chi connectivity index (χ0) is 19.0. The molecule has 0 atom stereocenters. The largest absolute Gasteiger partial charge is 0.322 e. The molecule has 0 saturated carbocycles. The monoisotopic (exact) mass is 411 g/mol. The Balaban J connectivity index is 0.00000364. The van der Waals surface area contributed by atoms with Crippen molar-refractivity contribution in [3.05, 3.63) is 59.7 Å². The molecule has 0 heterocycles. The fraction of sp³-hybridized carbons (Fsp3) is 0.316. The van der Waals surface area contributed by atoms with Crippen LogP contribution in [0.2, 0.25) is 0 Å². The number of hydrogen-bond acceptors (Lipinski definition) is 4. The molecule has 3 N–H and O–H groups in total. The van der Waals surface area contributed by atoms with E-state index >= 15 is 0 Å². The summed E-state index contributed by atoms with van der Waals surface area (Å²) < 4.78 is 26.1. The maximum atomic E-state index is 12.5. The average Bonchev–Trinajstić information content (AvgIpc) is 2.61. The summed E-state index contributed by atoms with van der Waals surface area (Å²) in [5.41, 5.74) is 2.67. The van der Waals surface area contributed by atoms with Crippen LogP contribution in [0, 0.1) is 0 Å². The van der Waals surface area contributed by atoms with Gasteiger partial charge in [-0.15, -0.1) is 12.4 Å². The van der Waals surface area contributed by atoms with Crippen LogP contribution in [0.5, 0.6) is 0 Å². The van der Waals surface area contributed by atoms with Crippen LogP contribution in [0.4, 0.5) is 11.4 Å². The van der Waals surface area contributed by atoms with E-state index in [1.54, 1.807) is 31.2 Å². The second-order valence-corrected chi connectivity index (χ2v) is 7.73. The molecule has 8 heteroatoms. The van der Waals surface area contributed by atoms with E-state index in [0.717, 1.165) is 17.8 Å². The van der Waals surface area contributed by atoms with Crippen molar-refractivity contribution < 1.29 is 13.2 Å². The number of halogens is 1. The van der Waals surface area contributed by atoms with Gasteiger partial charge in [-0.1, -0.05) is 32.0 Å². The van der Waals surface area contributed by atoms with Gasteiger partial charge in [-0.25, -0.2) is 8.42 Å². The molecule has 0 aliphatic rings. The predicted octanol–water partition coefficient (Wildman–Crippen LogP) is 3.62. The number of carbonyl (C=O) groups excluding carboxylic acids is 1. The first-order chi connectivity index (χ1) is 12.4. The van der Waals surface area contributed by atoms with Crippen molar-refractivity contribution in [1.82, 2.24) is 5.32 Å². The van der Waals surface area contributed by atoms with Crippen LogP contribution < -0.4 is 15.4 Å². The number of sulfonamides is 1. The molecule has 148 valence electrons. The van der Waals surface area contributed by atoms with Crippen LogP contribution in [0.3, 0.4) is 0 Å². The van der Waals surface area contributed by atoms with E-state index in [1.165, 1.54) is 0 Å². The normalized spacial score (nSPS) is 10.7. The fourth-order valence-corrected chi connectivity index (χ4v) is 3.57. The number of para-hydroxylation sites is 1. The van der Waals surface area contributed by atoms with Gasteiger partial charge in [0.2, 0.25) is 10.0 Å². The highest BCUT2D eigenvalue weighted by Crippen LogP contribution is 2.17. The molecular weight excluding hydrogens is 386 g/mol. The molecule has 0 bridgehead atoms. The predicted molar refractivity (Wildman–Crippen MR) is 113 cm³/mol. The van der Waals surface area contributed by atoms with Gasteiger partial charge in [-0.3, -0.25) is 9.52 Å². The van der Waals surface area contributed by atoms with Gasteiger partial charge in [-0.2, -0.15) is 0 Å². The molecule has 0 aliphatic heterocycles. The van der Waals surface area contributed by atoms with Crippen molar-refractivity contribution >= 4 is 39.7 Å². The van der Waals surface area contributed by atoms with Crippen LogP contribution in [0.1, 0.15) is 36.2 Å². The maximum absolute atomic E-state index is 12.5. The Hall–Kier alpha value is -2.09. The molecule has 2 aromatic rings. The summed E-state index contributed by atoms with van der Waals surface area (Å²) in [5.74, 6) is -0.172. The highest BCUT2D eigenvalue weighted by atomic mass is 35.5. The second-order valence-electron chi connectivity index (χ2n) is 5.89. The van der Waals surface area contributed by atoms with Gasteiger partial charge in [0.25, 0.3) is 5.91 Å². The van der Waals surface area contributed by atoms with Crippen LogP contribution in [-0.2, 0) is 16.6 Å². The van der Waals surface area contributed by atoms with E-state index in [0.29, 0.717) is 24.2 Å². The third-order valence-electron chi connectivity index (χ3n) is 3.72. The van der Waals surface area contributed by atoms with E-state index < -0.39 is 10.0 Å². The molecule has 2 aromatic carbocycles. The molecule has 0 saturated heterocycles. The van der Waals surface area contributed by atoms with Crippen molar-refractivity contribution in [2.24, 2.45) is 0 Å². The number of anilines is 2. The molecule has 1 amide bonds. The molecule has 0 aliphatic carbocycles. The Morgan fingerprint density at radius 1 is 1.00 bits per heavy atom. The Morgan fingerprint density at radius 3 is 2.30 bits per heavy atom. The van der Waals surface area contributed by atoms with Gasteiger partial charge >= 0.3 is 0 Å². The highest BCUT2D eigenvalue weighted by molar-refractivity contribution is 7.92. The number of benzene rings is 2. The van der Waals surface area contributed by atoms with Gasteiger partial charge in [0.05, 0.1) is 5.75 Å². The minimum absolute atomic E-state index is 0. The summed E-state index contributed by atoms with van der Waals surface area (Å²) in [7, 11) is -3.34. The third kappa shape index (κ3) is 7.21. The molecule has 27 heavy (non-hydrogen) atoms. The summed E-state index contributed by atoms with van der Waals surface area (Å²) in [6, 6.07) is 14.0. The standard InChI is InChI=1S/C19H25N3O3S.ClH/c1-3-13-26(24,25)22-17-11-9-15(10-12-17)19(23)21-18-8-6-5-7-16(18)14-20-4-2;/h5-12,20,22H,3-4,13-14H2,1-2H3,(H,21,23);1H. The van der Waals surface area contributed by atoms with E-state index in [1.807, 2.05) is 31.2 Å². The second kappa shape index (κ2) is 10.9. The minimum Gasteiger partial charge on any atom is -0.322 e. The fourth-order valence-electron chi connectivity index (χ4n) is 2.44. The van der Waals surface area contributed by atoms with E-state index in [-0.39, 0.29) is 24.1 Å². The van der Waals surface area contributed by atoms with Crippen molar-refractivity contribution in [2.45, 2.75) is 26.8 Å². The molecule has 6 nitrogen and oxygen atoms in total. The van der Waals surface area contributed by atoms with Crippen LogP contribution in [0.15, 0.2) is 48.5 Å². The number of carbonyl (C=O) groups is 1. The lowest BCUT2D eigenvalue weighted by Gasteiger charge is -2.12. The SMILES string of the molecule is CCCS(=O)(=O)Nc1ccc(C(=O)Nc2ccccc2CNCC)cc1.Cl. The number of rotatable bonds is 9. The van der Waals surface area contributed by atoms with Crippen LogP contribution in [0.25, 0.3) is 0 Å². The summed E-state index contributed by atoms with van der Waals surface area (Å²) >= 11 is 0. The van der Waals surface area contributed by atoms with Crippen LogP contribution in [-0.4, -0.2) is 26.6 Å². The maximum Gasteiger partial charge on any atom is 0.255 e. The zero-order valence-corrected chi connectivity index (χ0v) is 17.1. The minimum atomic E-state index is -3.34. The Bertz CT molecular complexity index is 840. The molecule has 0 fully saturated rings. The first-order valence-electron chi connectivity index (χ1n) is 8.65. The average molecular weight is 412 g/mol. The van der Waals surface area contributed by atoms with Crippen molar-refractivity contribution in [3.63, 3.8) is 0 Å². The molecule has 0 radical (unpaired) electrons. The Morgan fingerprint density at radius 2 is 1.67 bits per heavy atom. The van der Waals surface area contributed by atoms with Crippen molar-refractivity contribution in [1.29, 1.82) is 0 Å². The first kappa shape index (κ1) is 23.0. The molecular formula is C19H26ClN3O3S. The molecule has 0 spiro atoms. The lowest BCUT2D eigenvalue weighted by molar-refractivity contribution is 0.102. The van der Waals surface area contributed by atoms with Crippen LogP contribution >= 0.6 is 12.4 Å². The lowest BCUT2D eigenvalue weighted by atomic mass is 10.1. The number of amides is 1. The van der Waals surface area contributed by atoms with Gasteiger partial charge in [0, 0.05) is 23.5 Å². The number of nitrogens with one attached hydrogen (secondary N) is 3.